The first kappa shape index (κ1) is 17.4. The quantitative estimate of drug-likeness (QED) is 0.861. The number of ketones is 1. The Labute approximate surface area is 155 Å². The number of rotatable bonds is 5. The van der Waals surface area contributed by atoms with Crippen molar-refractivity contribution in [2.24, 2.45) is 17.3 Å². The van der Waals surface area contributed by atoms with Crippen LogP contribution in [0.1, 0.15) is 47.8 Å². The first-order valence-electron chi connectivity index (χ1n) is 9.00. The lowest BCUT2D eigenvalue weighted by atomic mass is 9.93. The maximum Gasteiger partial charge on any atom is 0.307 e. The van der Waals surface area contributed by atoms with Crippen LogP contribution in [0.25, 0.3) is 11.5 Å². The highest BCUT2D eigenvalue weighted by Gasteiger charge is 2.65. The summed E-state index contributed by atoms with van der Waals surface area (Å²) in [7, 11) is 0. The molecule has 0 aliphatic heterocycles. The van der Waals surface area contributed by atoms with Gasteiger partial charge in [-0.3, -0.25) is 9.59 Å². The van der Waals surface area contributed by atoms with Gasteiger partial charge in [0.2, 0.25) is 0 Å². The van der Waals surface area contributed by atoms with Gasteiger partial charge in [-0.1, -0.05) is 19.0 Å². The normalized spacial score (nSPS) is 23.5. The van der Waals surface area contributed by atoms with Crippen molar-refractivity contribution in [1.82, 2.24) is 10.1 Å². The van der Waals surface area contributed by atoms with Crippen LogP contribution >= 0.6 is 11.3 Å². The van der Waals surface area contributed by atoms with Crippen LogP contribution in [0.15, 0.2) is 4.52 Å². The minimum absolute atomic E-state index is 0.00140. The molecule has 2 aromatic rings. The summed E-state index contributed by atoms with van der Waals surface area (Å²) in [5.74, 6) is -0.836. The first-order valence-corrected chi connectivity index (χ1v) is 9.82. The number of fused-ring (bicyclic) bond motifs is 1. The number of hydrogen-bond donors (Lipinski definition) is 1. The number of Topliss-reactive ketones (excluding diaryl/α,β-unsaturated/α-hetero) is 1. The van der Waals surface area contributed by atoms with Crippen LogP contribution in [0.4, 0.5) is 0 Å². The third-order valence-electron chi connectivity index (χ3n) is 5.76. The molecule has 2 aliphatic rings. The molecule has 2 aromatic heterocycles. The number of carbonyl (C=O) groups is 2. The zero-order chi connectivity index (χ0) is 18.6. The van der Waals surface area contributed by atoms with Crippen molar-refractivity contribution in [1.29, 1.82) is 0 Å². The molecule has 0 saturated heterocycles. The molecule has 1 N–H and O–H groups in total. The summed E-state index contributed by atoms with van der Waals surface area (Å²) in [6.45, 7) is 5.49. The number of nitrogens with zero attached hydrogens (tertiary/aromatic N) is 2. The van der Waals surface area contributed by atoms with E-state index in [1.807, 2.05) is 13.8 Å². The van der Waals surface area contributed by atoms with E-state index in [-0.39, 0.29) is 12.2 Å². The Balaban J connectivity index is 1.68. The van der Waals surface area contributed by atoms with Crippen molar-refractivity contribution in [2.75, 3.05) is 0 Å². The van der Waals surface area contributed by atoms with Gasteiger partial charge in [0, 0.05) is 22.1 Å². The van der Waals surface area contributed by atoms with E-state index in [9.17, 15) is 14.7 Å². The highest BCUT2D eigenvalue weighted by Crippen LogP contribution is 2.59. The van der Waals surface area contributed by atoms with Crippen molar-refractivity contribution in [3.8, 4) is 11.5 Å². The average molecular weight is 374 g/mol. The Kier molecular flexibility index (Phi) is 4.02. The van der Waals surface area contributed by atoms with Crippen molar-refractivity contribution in [3.05, 3.63) is 21.1 Å². The molecule has 1 fully saturated rings. The molecule has 0 amide bonds. The highest BCUT2D eigenvalue weighted by molar-refractivity contribution is 7.12. The molecule has 2 heterocycles. The molecular weight excluding hydrogens is 352 g/mol. The third kappa shape index (κ3) is 2.69. The number of carboxylic acids is 1. The van der Waals surface area contributed by atoms with E-state index in [0.29, 0.717) is 11.7 Å². The van der Waals surface area contributed by atoms with Gasteiger partial charge in [0.15, 0.2) is 5.82 Å². The fourth-order valence-corrected chi connectivity index (χ4v) is 5.76. The maximum atomic E-state index is 12.9. The molecule has 6 nitrogen and oxygen atoms in total. The van der Waals surface area contributed by atoms with E-state index < -0.39 is 23.2 Å². The Morgan fingerprint density at radius 1 is 1.27 bits per heavy atom. The summed E-state index contributed by atoms with van der Waals surface area (Å²) in [4.78, 5) is 30.9. The summed E-state index contributed by atoms with van der Waals surface area (Å²) < 4.78 is 5.41. The van der Waals surface area contributed by atoms with Crippen LogP contribution in [0.3, 0.4) is 0 Å². The Morgan fingerprint density at radius 2 is 2.00 bits per heavy atom. The van der Waals surface area contributed by atoms with Gasteiger partial charge in [-0.25, -0.2) is 0 Å². The lowest BCUT2D eigenvalue weighted by molar-refractivity contribution is -0.140. The summed E-state index contributed by atoms with van der Waals surface area (Å²) in [5, 5.41) is 13.3. The van der Waals surface area contributed by atoms with Crippen LogP contribution < -0.4 is 0 Å². The van der Waals surface area contributed by atoms with Gasteiger partial charge in [-0.05, 0) is 43.6 Å². The molecule has 2 atom stereocenters. The van der Waals surface area contributed by atoms with E-state index >= 15 is 0 Å². The van der Waals surface area contributed by atoms with Crippen LogP contribution in [-0.4, -0.2) is 27.0 Å². The van der Waals surface area contributed by atoms with Crippen LogP contribution in [0.2, 0.25) is 0 Å². The number of aliphatic carboxylic acids is 1. The molecule has 2 aliphatic carbocycles. The predicted molar refractivity (Wildman–Crippen MR) is 96.1 cm³/mol. The van der Waals surface area contributed by atoms with Gasteiger partial charge in [0.1, 0.15) is 5.78 Å². The zero-order valence-corrected chi connectivity index (χ0v) is 16.0. The Hall–Kier alpha value is -2.02. The number of carboxylic acid groups (broad SMARTS) is 1. The number of carbonyl (C=O) groups excluding carboxylic acids is 1. The number of thiophene rings is 1. The fourth-order valence-electron chi connectivity index (χ4n) is 4.36. The largest absolute Gasteiger partial charge is 0.481 e. The summed E-state index contributed by atoms with van der Waals surface area (Å²) in [6, 6.07) is 0. The van der Waals surface area contributed by atoms with Crippen LogP contribution in [0.5, 0.6) is 0 Å². The van der Waals surface area contributed by atoms with E-state index in [2.05, 4.69) is 10.1 Å². The van der Waals surface area contributed by atoms with Crippen molar-refractivity contribution in [2.45, 2.75) is 52.9 Å². The van der Waals surface area contributed by atoms with Gasteiger partial charge >= 0.3 is 5.97 Å². The number of aryl methyl sites for hydroxylation is 2. The van der Waals surface area contributed by atoms with E-state index in [1.165, 1.54) is 10.4 Å². The molecule has 4 rings (SSSR count). The second-order valence-electron chi connectivity index (χ2n) is 7.91. The third-order valence-corrected chi connectivity index (χ3v) is 7.05. The highest BCUT2D eigenvalue weighted by atomic mass is 32.1. The molecular formula is C19H22N2O4S. The van der Waals surface area contributed by atoms with Gasteiger partial charge in [0.25, 0.3) is 5.89 Å². The SMILES string of the molecule is Cc1noc(-c2c(CC(=O)[C@@H]3[C@H](C(=O)O)C3(C)C)sc3c2CCCC3)n1. The average Bonchev–Trinajstić information content (AvgIpc) is 2.86. The number of aromatic nitrogens is 2. The Morgan fingerprint density at radius 3 is 2.62 bits per heavy atom. The molecule has 0 unspecified atom stereocenters. The predicted octanol–water partition coefficient (Wildman–Crippen LogP) is 3.45. The zero-order valence-electron chi connectivity index (χ0n) is 15.2. The maximum absolute atomic E-state index is 12.9. The second-order valence-corrected chi connectivity index (χ2v) is 9.10. The van der Waals surface area contributed by atoms with Gasteiger partial charge in [-0.15, -0.1) is 11.3 Å². The second kappa shape index (κ2) is 6.01. The van der Waals surface area contributed by atoms with Gasteiger partial charge in [-0.2, -0.15) is 4.98 Å². The first-order chi connectivity index (χ1) is 12.3. The molecule has 0 spiro atoms. The lowest BCUT2D eigenvalue weighted by Crippen LogP contribution is -2.10. The van der Waals surface area contributed by atoms with Gasteiger partial charge < -0.3 is 9.63 Å². The fraction of sp³-hybridized carbons (Fsp3) is 0.579. The minimum Gasteiger partial charge on any atom is -0.481 e. The van der Waals surface area contributed by atoms with Gasteiger partial charge in [0.05, 0.1) is 11.5 Å². The van der Waals surface area contributed by atoms with Crippen LogP contribution in [-0.2, 0) is 28.9 Å². The van der Waals surface area contributed by atoms with E-state index in [0.717, 1.165) is 36.1 Å². The minimum atomic E-state index is -0.883. The molecule has 26 heavy (non-hydrogen) atoms. The van der Waals surface area contributed by atoms with E-state index in [4.69, 9.17) is 4.52 Å². The lowest BCUT2D eigenvalue weighted by Gasteiger charge is -2.11. The summed E-state index contributed by atoms with van der Waals surface area (Å²) in [5.41, 5.74) is 1.68. The standard InChI is InChI=1S/C19H22N2O4S/c1-9-20-17(25-21-9)14-10-6-4-5-7-12(10)26-13(14)8-11(22)15-16(18(23)24)19(15,2)3/h15-16H,4-8H2,1-3H3,(H,23,24)/t15-,16-/m1/s1. The van der Waals surface area contributed by atoms with E-state index in [1.54, 1.807) is 18.3 Å². The number of hydrogen-bond acceptors (Lipinski definition) is 6. The molecule has 7 heteroatoms. The molecule has 0 radical (unpaired) electrons. The van der Waals surface area contributed by atoms with Crippen molar-refractivity contribution >= 4 is 23.1 Å². The smallest absolute Gasteiger partial charge is 0.307 e. The summed E-state index contributed by atoms with van der Waals surface area (Å²) >= 11 is 1.65. The molecule has 0 bridgehead atoms. The molecule has 138 valence electrons. The Bertz CT molecular complexity index is 895. The van der Waals surface area contributed by atoms with Crippen LogP contribution in [0, 0.1) is 24.2 Å². The summed E-state index contributed by atoms with van der Waals surface area (Å²) in [6.07, 6.45) is 4.49. The van der Waals surface area contributed by atoms with Crippen molar-refractivity contribution in [3.63, 3.8) is 0 Å². The molecule has 1 saturated carbocycles. The molecule has 0 aromatic carbocycles. The monoisotopic (exact) mass is 374 g/mol. The van der Waals surface area contributed by atoms with Crippen molar-refractivity contribution < 1.29 is 19.2 Å². The topological polar surface area (TPSA) is 93.3 Å².